The molecule has 3 N–H and O–H groups in total. The van der Waals surface area contributed by atoms with E-state index in [2.05, 4.69) is 5.10 Å². The van der Waals surface area contributed by atoms with E-state index in [9.17, 15) is 27.8 Å². The Bertz CT molecular complexity index is 1560. The SMILES string of the molecule is OCC(O)CCn1cc(C(O)(c2ccc3c(cnn3-c3ccc(F)cc3)c2)C(F)(F)F)c2ccccc21. The van der Waals surface area contributed by atoms with Crippen molar-refractivity contribution in [3.63, 3.8) is 0 Å². The second-order valence-corrected chi connectivity index (χ2v) is 8.89. The van der Waals surface area contributed by atoms with Crippen molar-refractivity contribution in [2.24, 2.45) is 0 Å². The monoisotopic (exact) mass is 513 g/mol. The Morgan fingerprint density at radius 2 is 1.68 bits per heavy atom. The van der Waals surface area contributed by atoms with Gasteiger partial charge in [-0.05, 0) is 54.4 Å². The lowest BCUT2D eigenvalue weighted by Gasteiger charge is -2.31. The zero-order valence-electron chi connectivity index (χ0n) is 19.4. The van der Waals surface area contributed by atoms with Gasteiger partial charge in [-0.25, -0.2) is 9.07 Å². The first-order valence-corrected chi connectivity index (χ1v) is 11.5. The van der Waals surface area contributed by atoms with E-state index in [4.69, 9.17) is 5.11 Å². The summed E-state index contributed by atoms with van der Waals surface area (Å²) in [5.41, 5.74) is -2.61. The Balaban J connectivity index is 1.65. The molecule has 5 aromatic rings. The number of aliphatic hydroxyl groups is 3. The molecule has 0 radical (unpaired) electrons. The van der Waals surface area contributed by atoms with Crippen LogP contribution in [0.5, 0.6) is 0 Å². The summed E-state index contributed by atoms with van der Waals surface area (Å²) in [5, 5.41) is 35.1. The second kappa shape index (κ2) is 9.29. The summed E-state index contributed by atoms with van der Waals surface area (Å²) < 4.78 is 60.4. The van der Waals surface area contributed by atoms with Gasteiger partial charge in [0.2, 0.25) is 5.60 Å². The fourth-order valence-corrected chi connectivity index (χ4v) is 4.62. The number of alkyl halides is 3. The fourth-order valence-electron chi connectivity index (χ4n) is 4.62. The molecule has 2 atom stereocenters. The van der Waals surface area contributed by atoms with Crippen LogP contribution in [-0.2, 0) is 12.1 Å². The lowest BCUT2D eigenvalue weighted by atomic mass is 9.85. The number of nitrogens with zero attached hydrogens (tertiary/aromatic N) is 3. The summed E-state index contributed by atoms with van der Waals surface area (Å²) >= 11 is 0. The van der Waals surface area contributed by atoms with E-state index in [1.165, 1.54) is 70.2 Å². The van der Waals surface area contributed by atoms with Crippen LogP contribution in [0, 0.1) is 5.82 Å². The van der Waals surface area contributed by atoms with Crippen LogP contribution in [0.15, 0.2) is 79.1 Å². The molecule has 10 heteroatoms. The van der Waals surface area contributed by atoms with Crippen molar-refractivity contribution in [2.75, 3.05) is 6.61 Å². The highest BCUT2D eigenvalue weighted by molar-refractivity contribution is 5.87. The fraction of sp³-hybridized carbons (Fsp3) is 0.222. The number of aromatic nitrogens is 3. The van der Waals surface area contributed by atoms with Gasteiger partial charge in [0.1, 0.15) is 5.82 Å². The predicted octanol–water partition coefficient (Wildman–Crippen LogP) is 4.66. The van der Waals surface area contributed by atoms with Crippen LogP contribution >= 0.6 is 0 Å². The summed E-state index contributed by atoms with van der Waals surface area (Å²) in [4.78, 5) is 0. The van der Waals surface area contributed by atoms with E-state index < -0.39 is 30.3 Å². The van der Waals surface area contributed by atoms with Crippen LogP contribution in [-0.4, -0.2) is 48.6 Å². The van der Waals surface area contributed by atoms with Gasteiger partial charge in [0.05, 0.1) is 30.1 Å². The summed E-state index contributed by atoms with van der Waals surface area (Å²) in [6, 6.07) is 15.8. The minimum absolute atomic E-state index is 0.119. The normalized spacial score (nSPS) is 14.8. The molecule has 0 aliphatic heterocycles. The van der Waals surface area contributed by atoms with Crippen LogP contribution < -0.4 is 0 Å². The molecule has 0 aliphatic rings. The van der Waals surface area contributed by atoms with E-state index >= 15 is 0 Å². The molecule has 5 rings (SSSR count). The van der Waals surface area contributed by atoms with Crippen molar-refractivity contribution in [3.05, 3.63) is 96.1 Å². The van der Waals surface area contributed by atoms with Crippen LogP contribution in [0.3, 0.4) is 0 Å². The van der Waals surface area contributed by atoms with Crippen molar-refractivity contribution in [1.82, 2.24) is 14.3 Å². The number of halogens is 4. The van der Waals surface area contributed by atoms with Gasteiger partial charge >= 0.3 is 6.18 Å². The van der Waals surface area contributed by atoms with E-state index in [1.807, 2.05) is 0 Å². The molecule has 6 nitrogen and oxygen atoms in total. The Hall–Kier alpha value is -3.73. The highest BCUT2D eigenvalue weighted by Crippen LogP contribution is 2.47. The third kappa shape index (κ3) is 4.26. The van der Waals surface area contributed by atoms with Crippen LogP contribution in [0.2, 0.25) is 0 Å². The Labute approximate surface area is 208 Å². The Kier molecular flexibility index (Phi) is 6.26. The highest BCUT2D eigenvalue weighted by atomic mass is 19.4. The van der Waals surface area contributed by atoms with E-state index in [0.717, 1.165) is 0 Å². The number of para-hydroxylation sites is 1. The molecule has 0 amide bonds. The van der Waals surface area contributed by atoms with Gasteiger partial charge in [-0.2, -0.15) is 18.3 Å². The van der Waals surface area contributed by atoms with Crippen molar-refractivity contribution < 1.29 is 32.9 Å². The summed E-state index contributed by atoms with van der Waals surface area (Å²) in [7, 11) is 0. The van der Waals surface area contributed by atoms with Crippen molar-refractivity contribution in [3.8, 4) is 5.69 Å². The minimum atomic E-state index is -5.08. The maximum absolute atomic E-state index is 14.7. The smallest absolute Gasteiger partial charge is 0.394 e. The number of fused-ring (bicyclic) bond motifs is 2. The first-order chi connectivity index (χ1) is 17.6. The maximum atomic E-state index is 14.7. The Morgan fingerprint density at radius 3 is 2.38 bits per heavy atom. The molecule has 0 bridgehead atoms. The third-order valence-electron chi connectivity index (χ3n) is 6.56. The molecule has 0 aliphatic carbocycles. The van der Waals surface area contributed by atoms with Gasteiger partial charge in [0, 0.05) is 34.6 Å². The van der Waals surface area contributed by atoms with E-state index in [0.29, 0.717) is 22.1 Å². The molecular weight excluding hydrogens is 490 g/mol. The number of aliphatic hydroxyl groups excluding tert-OH is 2. The van der Waals surface area contributed by atoms with Crippen molar-refractivity contribution >= 4 is 21.8 Å². The molecule has 0 fully saturated rings. The molecule has 0 saturated carbocycles. The van der Waals surface area contributed by atoms with E-state index in [1.54, 1.807) is 18.2 Å². The number of hydrogen-bond acceptors (Lipinski definition) is 4. The second-order valence-electron chi connectivity index (χ2n) is 8.89. The summed E-state index contributed by atoms with van der Waals surface area (Å²) in [5.74, 6) is -0.428. The first kappa shape index (κ1) is 24.9. The average molecular weight is 513 g/mol. The standard InChI is InChI=1S/C27H23F4N3O3/c28-19-6-8-20(9-7-19)34-24-10-5-18(13-17(24)14-32-34)26(37,27(29,30)31)23-15-33(12-11-21(36)16-35)25-4-2-1-3-22(23)25/h1-10,13-15,21,35-37H,11-12,16H2. The highest BCUT2D eigenvalue weighted by Gasteiger charge is 2.57. The maximum Gasteiger partial charge on any atom is 0.425 e. The summed E-state index contributed by atoms with van der Waals surface area (Å²) in [6.45, 7) is -0.330. The third-order valence-corrected chi connectivity index (χ3v) is 6.56. The lowest BCUT2D eigenvalue weighted by molar-refractivity contribution is -0.247. The quantitative estimate of drug-likeness (QED) is 0.277. The van der Waals surface area contributed by atoms with Crippen LogP contribution in [0.25, 0.3) is 27.5 Å². The number of hydrogen-bond donors (Lipinski definition) is 3. The van der Waals surface area contributed by atoms with Gasteiger partial charge in [-0.3, -0.25) is 0 Å². The minimum Gasteiger partial charge on any atom is -0.394 e. The molecule has 2 unspecified atom stereocenters. The van der Waals surface area contributed by atoms with Crippen LogP contribution in [0.1, 0.15) is 17.5 Å². The Morgan fingerprint density at radius 1 is 0.946 bits per heavy atom. The molecular formula is C27H23F4N3O3. The van der Waals surface area contributed by atoms with E-state index in [-0.39, 0.29) is 29.5 Å². The molecule has 3 aromatic carbocycles. The molecule has 2 aromatic heterocycles. The molecule has 192 valence electrons. The largest absolute Gasteiger partial charge is 0.425 e. The van der Waals surface area contributed by atoms with Crippen LogP contribution in [0.4, 0.5) is 17.6 Å². The number of rotatable bonds is 7. The molecule has 0 saturated heterocycles. The van der Waals surface area contributed by atoms with Gasteiger partial charge in [-0.15, -0.1) is 0 Å². The zero-order valence-corrected chi connectivity index (χ0v) is 19.4. The average Bonchev–Trinajstić information content (AvgIpc) is 3.48. The van der Waals surface area contributed by atoms with Crippen molar-refractivity contribution in [1.29, 1.82) is 0 Å². The van der Waals surface area contributed by atoms with Gasteiger partial charge in [0.15, 0.2) is 0 Å². The van der Waals surface area contributed by atoms with Gasteiger partial charge in [0.25, 0.3) is 0 Å². The molecule has 0 spiro atoms. The molecule has 37 heavy (non-hydrogen) atoms. The first-order valence-electron chi connectivity index (χ1n) is 11.5. The van der Waals surface area contributed by atoms with Crippen molar-refractivity contribution in [2.45, 2.75) is 30.8 Å². The summed E-state index contributed by atoms with van der Waals surface area (Å²) in [6.07, 6.45) is -3.35. The predicted molar refractivity (Wildman–Crippen MR) is 130 cm³/mol. The van der Waals surface area contributed by atoms with Gasteiger partial charge < -0.3 is 19.9 Å². The number of aryl methyl sites for hydroxylation is 1. The lowest BCUT2D eigenvalue weighted by Crippen LogP contribution is -2.43. The zero-order chi connectivity index (χ0) is 26.4. The van der Waals surface area contributed by atoms with Gasteiger partial charge in [-0.1, -0.05) is 24.3 Å². The number of benzene rings is 3. The topological polar surface area (TPSA) is 83.4 Å². The molecule has 2 heterocycles.